The van der Waals surface area contributed by atoms with Gasteiger partial charge in [0.15, 0.2) is 9.84 Å². The normalized spacial score (nSPS) is 21.5. The second kappa shape index (κ2) is 7.00. The van der Waals surface area contributed by atoms with Gasteiger partial charge in [0.1, 0.15) is 0 Å². The average Bonchev–Trinajstić information content (AvgIpc) is 2.99. The Bertz CT molecular complexity index is 637. The molecule has 2 rings (SSSR count). The molecule has 22 heavy (non-hydrogen) atoms. The Morgan fingerprint density at radius 1 is 1.50 bits per heavy atom. The van der Waals surface area contributed by atoms with E-state index in [1.165, 1.54) is 10.4 Å². The van der Waals surface area contributed by atoms with Crippen LogP contribution in [0.4, 0.5) is 4.79 Å². The summed E-state index contributed by atoms with van der Waals surface area (Å²) in [6.45, 7) is 6.60. The van der Waals surface area contributed by atoms with E-state index in [9.17, 15) is 13.2 Å². The predicted octanol–water partition coefficient (Wildman–Crippen LogP) is 2.41. The monoisotopic (exact) mass is 344 g/mol. The summed E-state index contributed by atoms with van der Waals surface area (Å²) >= 11 is 1.73. The van der Waals surface area contributed by atoms with Gasteiger partial charge < -0.3 is 10.6 Å². The van der Waals surface area contributed by atoms with Crippen molar-refractivity contribution in [1.29, 1.82) is 0 Å². The fourth-order valence-corrected chi connectivity index (χ4v) is 5.68. The molecule has 1 aromatic heterocycles. The number of aryl methyl sites for hydroxylation is 2. The van der Waals surface area contributed by atoms with Crippen LogP contribution in [-0.4, -0.2) is 32.5 Å². The number of urea groups is 1. The van der Waals surface area contributed by atoms with E-state index in [4.69, 9.17) is 0 Å². The third kappa shape index (κ3) is 4.46. The molecule has 1 saturated heterocycles. The smallest absolute Gasteiger partial charge is 0.315 e. The molecule has 7 heteroatoms. The Balaban J connectivity index is 1.81. The van der Waals surface area contributed by atoms with Gasteiger partial charge >= 0.3 is 6.03 Å². The van der Waals surface area contributed by atoms with E-state index in [0.717, 1.165) is 11.3 Å². The summed E-state index contributed by atoms with van der Waals surface area (Å²) in [6, 6.07) is 1.84. The van der Waals surface area contributed by atoms with Crippen molar-refractivity contribution in [3.05, 3.63) is 21.4 Å². The van der Waals surface area contributed by atoms with Crippen LogP contribution in [0.2, 0.25) is 0 Å². The van der Waals surface area contributed by atoms with Crippen LogP contribution in [0.25, 0.3) is 0 Å². The first-order valence-corrected chi connectivity index (χ1v) is 10.3. The minimum atomic E-state index is -2.88. The number of carbonyl (C=O) groups is 1. The third-order valence-electron chi connectivity index (χ3n) is 4.01. The number of hydrogen-bond acceptors (Lipinski definition) is 4. The first-order chi connectivity index (χ1) is 10.3. The van der Waals surface area contributed by atoms with Gasteiger partial charge in [-0.25, -0.2) is 13.2 Å². The lowest BCUT2D eigenvalue weighted by Crippen LogP contribution is -2.39. The maximum atomic E-state index is 11.9. The molecule has 0 bridgehead atoms. The van der Waals surface area contributed by atoms with Crippen LogP contribution in [0.1, 0.15) is 41.6 Å². The van der Waals surface area contributed by atoms with Gasteiger partial charge in [0, 0.05) is 16.3 Å². The summed E-state index contributed by atoms with van der Waals surface area (Å²) in [4.78, 5) is 14.4. The molecule has 0 saturated carbocycles. The Morgan fingerprint density at radius 2 is 2.23 bits per heavy atom. The van der Waals surface area contributed by atoms with Crippen molar-refractivity contribution >= 4 is 27.2 Å². The molecule has 124 valence electrons. The summed E-state index contributed by atoms with van der Waals surface area (Å²) < 4.78 is 22.8. The summed E-state index contributed by atoms with van der Waals surface area (Å²) in [6.07, 6.45) is 1.65. The van der Waals surface area contributed by atoms with E-state index in [2.05, 4.69) is 30.5 Å². The van der Waals surface area contributed by atoms with Crippen LogP contribution in [-0.2, 0) is 16.3 Å². The topological polar surface area (TPSA) is 75.3 Å². The van der Waals surface area contributed by atoms with Crippen molar-refractivity contribution < 1.29 is 13.2 Å². The fraction of sp³-hybridized carbons (Fsp3) is 0.667. The Hall–Kier alpha value is -1.08. The van der Waals surface area contributed by atoms with Crippen LogP contribution in [0, 0.1) is 12.8 Å². The maximum Gasteiger partial charge on any atom is 0.315 e. The highest BCUT2D eigenvalue weighted by Crippen LogP contribution is 2.27. The van der Waals surface area contributed by atoms with Crippen molar-refractivity contribution in [2.75, 3.05) is 18.1 Å². The summed E-state index contributed by atoms with van der Waals surface area (Å²) in [7, 11) is -2.88. The molecule has 2 heterocycles. The van der Waals surface area contributed by atoms with Gasteiger partial charge in [-0.1, -0.05) is 6.92 Å². The average molecular weight is 345 g/mol. The maximum absolute atomic E-state index is 11.9. The Morgan fingerprint density at radius 3 is 2.77 bits per heavy atom. The van der Waals surface area contributed by atoms with Crippen molar-refractivity contribution in [2.24, 2.45) is 5.92 Å². The van der Waals surface area contributed by atoms with E-state index < -0.39 is 9.84 Å². The number of rotatable bonds is 5. The molecule has 1 aliphatic rings. The first-order valence-electron chi connectivity index (χ1n) is 7.64. The van der Waals surface area contributed by atoms with E-state index in [0.29, 0.717) is 13.0 Å². The van der Waals surface area contributed by atoms with Gasteiger partial charge in [0.2, 0.25) is 0 Å². The second-order valence-electron chi connectivity index (χ2n) is 5.95. The van der Waals surface area contributed by atoms with Gasteiger partial charge in [0.25, 0.3) is 0 Å². The first kappa shape index (κ1) is 17.3. The second-order valence-corrected chi connectivity index (χ2v) is 9.35. The highest BCUT2D eigenvalue weighted by Gasteiger charge is 2.28. The molecule has 5 nitrogen and oxygen atoms in total. The zero-order valence-corrected chi connectivity index (χ0v) is 14.9. The zero-order valence-electron chi connectivity index (χ0n) is 13.3. The summed E-state index contributed by atoms with van der Waals surface area (Å²) in [5.74, 6) is 0.472. The molecule has 0 aliphatic carbocycles. The lowest BCUT2D eigenvalue weighted by Gasteiger charge is -2.15. The lowest BCUT2D eigenvalue weighted by molar-refractivity contribution is 0.236. The quantitative estimate of drug-likeness (QED) is 0.861. The molecule has 2 N–H and O–H groups in total. The van der Waals surface area contributed by atoms with Crippen LogP contribution in [0.3, 0.4) is 0 Å². The van der Waals surface area contributed by atoms with E-state index >= 15 is 0 Å². The molecule has 0 radical (unpaired) electrons. The Kier molecular flexibility index (Phi) is 5.50. The Labute approximate surface area is 136 Å². The molecule has 1 fully saturated rings. The lowest BCUT2D eigenvalue weighted by atomic mass is 10.1. The number of nitrogens with one attached hydrogen (secondary N) is 2. The molecule has 2 amide bonds. The van der Waals surface area contributed by atoms with Crippen LogP contribution >= 0.6 is 11.3 Å². The largest absolute Gasteiger partial charge is 0.338 e. The number of thiophene rings is 1. The van der Waals surface area contributed by atoms with Crippen molar-refractivity contribution in [3.8, 4) is 0 Å². The minimum absolute atomic E-state index is 0.0433. The van der Waals surface area contributed by atoms with Crippen LogP contribution in [0.5, 0.6) is 0 Å². The predicted molar refractivity (Wildman–Crippen MR) is 90.1 cm³/mol. The molecule has 2 unspecified atom stereocenters. The highest BCUT2D eigenvalue weighted by molar-refractivity contribution is 7.91. The van der Waals surface area contributed by atoms with Crippen molar-refractivity contribution in [2.45, 2.75) is 39.7 Å². The molecule has 0 aromatic carbocycles. The molecule has 1 aliphatic heterocycles. The van der Waals surface area contributed by atoms with Gasteiger partial charge in [-0.15, -0.1) is 11.3 Å². The SMILES string of the molecule is CCc1sc(C(C)NC(=O)NCC2CCS(=O)(=O)C2)cc1C. The van der Waals surface area contributed by atoms with Crippen molar-refractivity contribution in [3.63, 3.8) is 0 Å². The van der Waals surface area contributed by atoms with Crippen molar-refractivity contribution in [1.82, 2.24) is 10.6 Å². The summed E-state index contributed by atoms with van der Waals surface area (Å²) in [5, 5.41) is 5.70. The van der Waals surface area contributed by atoms with Gasteiger partial charge in [-0.2, -0.15) is 0 Å². The molecule has 2 atom stereocenters. The van der Waals surface area contributed by atoms with E-state index in [1.807, 2.05) is 6.92 Å². The van der Waals surface area contributed by atoms with Gasteiger partial charge in [-0.3, -0.25) is 0 Å². The third-order valence-corrected chi connectivity index (χ3v) is 7.41. The number of amides is 2. The molecule has 0 spiro atoms. The number of sulfone groups is 1. The zero-order chi connectivity index (χ0) is 16.3. The van der Waals surface area contributed by atoms with Gasteiger partial charge in [-0.05, 0) is 44.2 Å². The molecular weight excluding hydrogens is 320 g/mol. The minimum Gasteiger partial charge on any atom is -0.338 e. The molecule has 1 aromatic rings. The van der Waals surface area contributed by atoms with Gasteiger partial charge in [0.05, 0.1) is 17.5 Å². The number of hydrogen-bond donors (Lipinski definition) is 2. The van der Waals surface area contributed by atoms with E-state index in [-0.39, 0.29) is 29.5 Å². The number of carbonyl (C=O) groups excluding carboxylic acids is 1. The van der Waals surface area contributed by atoms with E-state index in [1.54, 1.807) is 11.3 Å². The molecular formula is C15H24N2O3S2. The highest BCUT2D eigenvalue weighted by atomic mass is 32.2. The van der Waals surface area contributed by atoms with Crippen LogP contribution in [0.15, 0.2) is 6.07 Å². The summed E-state index contributed by atoms with van der Waals surface area (Å²) in [5.41, 5.74) is 1.27. The van der Waals surface area contributed by atoms with Crippen LogP contribution < -0.4 is 10.6 Å². The fourth-order valence-electron chi connectivity index (χ4n) is 2.70. The standard InChI is InChI=1S/C15H24N2O3S2/c1-4-13-10(2)7-14(21-13)11(3)17-15(18)16-8-12-5-6-22(19,20)9-12/h7,11-12H,4-6,8-9H2,1-3H3,(H2,16,17,18).